The number of carbonyl (C=O) groups is 4. The fourth-order valence-electron chi connectivity index (χ4n) is 5.94. The maximum Gasteiger partial charge on any atom is 0.266 e. The highest BCUT2D eigenvalue weighted by Crippen LogP contribution is 2.16. The van der Waals surface area contributed by atoms with Gasteiger partial charge in [-0.3, -0.25) is 29.3 Å². The Labute approximate surface area is 305 Å². The number of ether oxygens (including phenoxy) is 3. The summed E-state index contributed by atoms with van der Waals surface area (Å²) < 4.78 is 15.9. The van der Waals surface area contributed by atoms with E-state index >= 15 is 0 Å². The predicted octanol–water partition coefficient (Wildman–Crippen LogP) is 2.50. The van der Waals surface area contributed by atoms with Gasteiger partial charge in [-0.1, -0.05) is 54.1 Å². The van der Waals surface area contributed by atoms with Gasteiger partial charge in [-0.15, -0.1) is 0 Å². The molecule has 1 aliphatic rings. The van der Waals surface area contributed by atoms with Gasteiger partial charge in [0.25, 0.3) is 5.91 Å². The summed E-state index contributed by atoms with van der Waals surface area (Å²) in [5.74, 6) is -0.774. The van der Waals surface area contributed by atoms with Crippen molar-refractivity contribution < 1.29 is 38.6 Å². The van der Waals surface area contributed by atoms with Crippen LogP contribution in [0, 0.1) is 6.92 Å². The van der Waals surface area contributed by atoms with E-state index in [-0.39, 0.29) is 25.3 Å². The van der Waals surface area contributed by atoms with Crippen molar-refractivity contribution in [2.45, 2.75) is 63.6 Å². The number of amides is 4. The number of nitrogens with one attached hydrogen (secondary N) is 4. The Bertz CT molecular complexity index is 1580. The van der Waals surface area contributed by atoms with Crippen LogP contribution in [0.5, 0.6) is 11.5 Å². The first kappa shape index (κ1) is 39.8. The number of benzene rings is 3. The minimum atomic E-state index is -1.12. The third-order valence-electron chi connectivity index (χ3n) is 9.06. The van der Waals surface area contributed by atoms with E-state index in [1.807, 2.05) is 84.6 Å². The number of hydroxylamine groups is 1. The summed E-state index contributed by atoms with van der Waals surface area (Å²) >= 11 is 0. The van der Waals surface area contributed by atoms with E-state index in [1.165, 1.54) is 0 Å². The van der Waals surface area contributed by atoms with E-state index < -0.39 is 35.8 Å². The van der Waals surface area contributed by atoms with Crippen LogP contribution in [0.4, 0.5) is 0 Å². The van der Waals surface area contributed by atoms with Crippen LogP contribution in [0.15, 0.2) is 72.8 Å². The van der Waals surface area contributed by atoms with E-state index in [4.69, 9.17) is 14.2 Å². The molecule has 4 amide bonds. The van der Waals surface area contributed by atoms with Crippen LogP contribution >= 0.6 is 0 Å². The largest absolute Gasteiger partial charge is 0.497 e. The molecule has 1 fully saturated rings. The lowest BCUT2D eigenvalue weighted by Gasteiger charge is -2.28. The summed E-state index contributed by atoms with van der Waals surface area (Å²) in [6, 6.07) is 19.4. The molecule has 3 atom stereocenters. The van der Waals surface area contributed by atoms with E-state index in [1.54, 1.807) is 19.7 Å². The monoisotopic (exact) mass is 717 g/mol. The average Bonchev–Trinajstić information content (AvgIpc) is 3.17. The van der Waals surface area contributed by atoms with Crippen molar-refractivity contribution in [3.63, 3.8) is 0 Å². The first-order chi connectivity index (χ1) is 25.2. The normalized spacial score (nSPS) is 14.7. The Hall–Kier alpha value is -4.98. The highest BCUT2D eigenvalue weighted by molar-refractivity contribution is 5.94. The predicted molar refractivity (Wildman–Crippen MR) is 195 cm³/mol. The maximum absolute atomic E-state index is 14.0. The third kappa shape index (κ3) is 13.0. The molecule has 1 heterocycles. The Morgan fingerprint density at radius 3 is 1.77 bits per heavy atom. The van der Waals surface area contributed by atoms with Gasteiger partial charge in [0.2, 0.25) is 17.7 Å². The van der Waals surface area contributed by atoms with Crippen LogP contribution in [0.2, 0.25) is 0 Å². The third-order valence-corrected chi connectivity index (χ3v) is 9.06. The van der Waals surface area contributed by atoms with Crippen molar-refractivity contribution in [3.8, 4) is 11.5 Å². The van der Waals surface area contributed by atoms with E-state index in [9.17, 15) is 24.4 Å². The zero-order valence-corrected chi connectivity index (χ0v) is 30.2. The van der Waals surface area contributed by atoms with Gasteiger partial charge < -0.3 is 30.2 Å². The summed E-state index contributed by atoms with van der Waals surface area (Å²) in [6.45, 7) is 4.34. The number of morpholine rings is 1. The molecule has 280 valence electrons. The SMILES string of the molecule is COc1ccc(CCC[C@H](NC(=O)CN2CCOCC2)C(=O)N[C@H](CCc2ccc(OC)cc2)C(=O)N[C@H](Cc2ccc(C)cc2)C(=O)NO)cc1. The Morgan fingerprint density at radius 1 is 0.692 bits per heavy atom. The Balaban J connectivity index is 1.51. The van der Waals surface area contributed by atoms with Crippen molar-refractivity contribution in [2.75, 3.05) is 47.1 Å². The van der Waals surface area contributed by atoms with Gasteiger partial charge in [-0.25, -0.2) is 5.48 Å². The molecular formula is C39H51N5O8. The highest BCUT2D eigenvalue weighted by Gasteiger charge is 2.30. The summed E-state index contributed by atoms with van der Waals surface area (Å²) in [4.78, 5) is 55.8. The number of rotatable bonds is 19. The molecule has 1 saturated heterocycles. The van der Waals surface area contributed by atoms with Crippen LogP contribution in [0.1, 0.15) is 41.5 Å². The summed E-state index contributed by atoms with van der Waals surface area (Å²) in [7, 11) is 3.18. The second-order valence-electron chi connectivity index (χ2n) is 12.9. The highest BCUT2D eigenvalue weighted by atomic mass is 16.5. The number of hydrogen-bond acceptors (Lipinski definition) is 9. The van der Waals surface area contributed by atoms with Gasteiger partial charge in [0.15, 0.2) is 0 Å². The topological polar surface area (TPSA) is 168 Å². The molecule has 0 spiro atoms. The lowest BCUT2D eigenvalue weighted by molar-refractivity contribution is -0.136. The van der Waals surface area contributed by atoms with Crippen LogP contribution in [0.25, 0.3) is 0 Å². The molecule has 3 aromatic carbocycles. The molecule has 0 aromatic heterocycles. The van der Waals surface area contributed by atoms with Crippen LogP contribution in [-0.4, -0.2) is 98.9 Å². The molecule has 52 heavy (non-hydrogen) atoms. The maximum atomic E-state index is 14.0. The fourth-order valence-corrected chi connectivity index (χ4v) is 5.94. The standard InChI is InChI=1S/C39H51N5O8/c1-27-7-9-30(10-8-27)25-35(39(48)43-49)42-38(47)34(20-15-29-13-18-32(51-3)19-14-29)41-37(46)33(40-36(45)26-44-21-23-52-24-22-44)6-4-5-28-11-16-31(50-2)17-12-28/h7-14,16-19,33-35,49H,4-6,15,20-26H2,1-3H3,(H,40,45)(H,41,46)(H,42,47)(H,43,48)/t33-,34+,35+/m0/s1. The number of carbonyl (C=O) groups excluding carboxylic acids is 4. The second-order valence-corrected chi connectivity index (χ2v) is 12.9. The van der Waals surface area contributed by atoms with Gasteiger partial charge in [0.05, 0.1) is 34.0 Å². The van der Waals surface area contributed by atoms with Crippen molar-refractivity contribution >= 4 is 23.6 Å². The molecule has 0 unspecified atom stereocenters. The van der Waals surface area contributed by atoms with E-state index in [0.717, 1.165) is 28.0 Å². The second kappa shape index (κ2) is 20.8. The summed E-state index contributed by atoms with van der Waals surface area (Å²) in [6.07, 6.45) is 2.29. The molecule has 1 aliphatic heterocycles. The molecule has 0 radical (unpaired) electrons. The number of hydrogen-bond donors (Lipinski definition) is 5. The molecule has 4 rings (SSSR count). The van der Waals surface area contributed by atoms with Gasteiger partial charge >= 0.3 is 0 Å². The molecule has 0 bridgehead atoms. The zero-order valence-electron chi connectivity index (χ0n) is 30.2. The number of nitrogens with zero attached hydrogens (tertiary/aromatic N) is 1. The lowest BCUT2D eigenvalue weighted by atomic mass is 10.0. The van der Waals surface area contributed by atoms with Gasteiger partial charge in [-0.05, 0) is 80.0 Å². The zero-order chi connectivity index (χ0) is 37.3. The minimum absolute atomic E-state index is 0.114. The quantitative estimate of drug-likeness (QED) is 0.0925. The first-order valence-corrected chi connectivity index (χ1v) is 17.6. The molecule has 0 aliphatic carbocycles. The lowest BCUT2D eigenvalue weighted by Crippen LogP contribution is -2.57. The summed E-state index contributed by atoms with van der Waals surface area (Å²) in [5.41, 5.74) is 5.42. The first-order valence-electron chi connectivity index (χ1n) is 17.6. The van der Waals surface area contributed by atoms with Gasteiger partial charge in [0.1, 0.15) is 29.6 Å². The smallest absolute Gasteiger partial charge is 0.266 e. The van der Waals surface area contributed by atoms with Crippen molar-refractivity contribution in [2.24, 2.45) is 0 Å². The Morgan fingerprint density at radius 2 is 1.21 bits per heavy atom. The minimum Gasteiger partial charge on any atom is -0.497 e. The molecule has 13 heteroatoms. The van der Waals surface area contributed by atoms with Crippen molar-refractivity contribution in [1.29, 1.82) is 0 Å². The number of aryl methyl sites for hydroxylation is 3. The molecule has 0 saturated carbocycles. The van der Waals surface area contributed by atoms with Crippen LogP contribution < -0.4 is 30.9 Å². The van der Waals surface area contributed by atoms with Crippen LogP contribution in [-0.2, 0) is 43.2 Å². The Kier molecular flexibility index (Phi) is 15.9. The molecule has 13 nitrogen and oxygen atoms in total. The average molecular weight is 718 g/mol. The summed E-state index contributed by atoms with van der Waals surface area (Å²) in [5, 5.41) is 18.0. The number of methoxy groups -OCH3 is 2. The molecule has 3 aromatic rings. The molecule has 5 N–H and O–H groups in total. The van der Waals surface area contributed by atoms with E-state index in [0.29, 0.717) is 57.7 Å². The van der Waals surface area contributed by atoms with Crippen molar-refractivity contribution in [1.82, 2.24) is 26.3 Å². The fraction of sp³-hybridized carbons (Fsp3) is 0.436. The van der Waals surface area contributed by atoms with Gasteiger partial charge in [0, 0.05) is 19.5 Å². The van der Waals surface area contributed by atoms with E-state index in [2.05, 4.69) is 16.0 Å². The van der Waals surface area contributed by atoms with Crippen molar-refractivity contribution in [3.05, 3.63) is 95.1 Å². The van der Waals surface area contributed by atoms with Crippen LogP contribution in [0.3, 0.4) is 0 Å². The molecular weight excluding hydrogens is 666 g/mol. The van der Waals surface area contributed by atoms with Gasteiger partial charge in [-0.2, -0.15) is 0 Å².